The normalized spacial score (nSPS) is 13.3. The lowest BCUT2D eigenvalue weighted by molar-refractivity contribution is -0.117. The van der Waals surface area contributed by atoms with Crippen LogP contribution >= 0.6 is 0 Å². The zero-order chi connectivity index (χ0) is 34.0. The molecule has 2 atom stereocenters. The topological polar surface area (TPSA) is 131 Å². The number of nitrogens with one attached hydrogen (secondary N) is 3. The number of nitrogens with zero attached hydrogens (tertiary/aromatic N) is 4. The maximum absolute atomic E-state index is 11.9. The Balaban J connectivity index is 0.000000174. The highest BCUT2D eigenvalue weighted by molar-refractivity contribution is 5.94. The molecule has 246 valence electrons. The maximum Gasteiger partial charge on any atom is 0.227 e. The number of hydrogen-bond acceptors (Lipinski definition) is 8. The lowest BCUT2D eigenvalue weighted by atomic mass is 10.1. The Hall–Kier alpha value is -6.09. The summed E-state index contributed by atoms with van der Waals surface area (Å²) in [4.78, 5) is 29.7. The first kappa shape index (κ1) is 32.8. The van der Waals surface area contributed by atoms with Gasteiger partial charge in [-0.1, -0.05) is 84.9 Å². The van der Waals surface area contributed by atoms with Gasteiger partial charge in [0.15, 0.2) is 0 Å². The van der Waals surface area contributed by atoms with Crippen LogP contribution in [0.5, 0.6) is 0 Å². The van der Waals surface area contributed by atoms with Gasteiger partial charge in [-0.2, -0.15) is 0 Å². The third-order valence-electron chi connectivity index (χ3n) is 8.20. The number of benzene rings is 4. The van der Waals surface area contributed by atoms with E-state index in [1.807, 2.05) is 84.9 Å². The van der Waals surface area contributed by atoms with Crippen molar-refractivity contribution in [1.82, 2.24) is 19.9 Å². The summed E-state index contributed by atoms with van der Waals surface area (Å²) >= 11 is 0. The highest BCUT2D eigenvalue weighted by Gasteiger charge is 2.29. The number of carbonyl (C=O) groups is 1. The predicted octanol–water partition coefficient (Wildman–Crippen LogP) is 8.56. The van der Waals surface area contributed by atoms with Crippen LogP contribution in [-0.4, -0.2) is 25.8 Å². The van der Waals surface area contributed by atoms with Gasteiger partial charge in [0.2, 0.25) is 5.91 Å². The number of aromatic nitrogens is 4. The van der Waals surface area contributed by atoms with Gasteiger partial charge >= 0.3 is 0 Å². The average Bonchev–Trinajstić information content (AvgIpc) is 4.00. The van der Waals surface area contributed by atoms with E-state index in [9.17, 15) is 4.79 Å². The molecule has 5 N–H and O–H groups in total. The second-order valence-corrected chi connectivity index (χ2v) is 12.1. The van der Waals surface area contributed by atoms with E-state index in [0.717, 1.165) is 58.4 Å². The quantitative estimate of drug-likeness (QED) is 0.109. The number of carbonyl (C=O) groups excluding carboxylic acids is 1. The van der Waals surface area contributed by atoms with Crippen molar-refractivity contribution in [3.05, 3.63) is 145 Å². The zero-order valence-corrected chi connectivity index (χ0v) is 27.6. The van der Waals surface area contributed by atoms with Crippen molar-refractivity contribution in [2.75, 3.05) is 21.7 Å². The van der Waals surface area contributed by atoms with Crippen molar-refractivity contribution < 1.29 is 4.79 Å². The molecular weight excluding hydrogens is 608 g/mol. The minimum absolute atomic E-state index is 0.114. The summed E-state index contributed by atoms with van der Waals surface area (Å²) in [7, 11) is 0. The molecule has 7 rings (SSSR count). The van der Waals surface area contributed by atoms with Crippen LogP contribution in [0.4, 0.5) is 23.0 Å². The average molecular weight is 649 g/mol. The molecule has 6 aromatic rings. The van der Waals surface area contributed by atoms with E-state index in [4.69, 9.17) is 5.73 Å². The molecule has 0 aliphatic heterocycles. The van der Waals surface area contributed by atoms with Crippen molar-refractivity contribution >= 4 is 28.9 Å². The predicted molar refractivity (Wildman–Crippen MR) is 198 cm³/mol. The Labute approximate surface area is 287 Å². The summed E-state index contributed by atoms with van der Waals surface area (Å²) in [5.74, 6) is 1.80. The third-order valence-corrected chi connectivity index (χ3v) is 8.20. The highest BCUT2D eigenvalue weighted by atomic mass is 16.2. The first-order valence-corrected chi connectivity index (χ1v) is 16.5. The summed E-state index contributed by atoms with van der Waals surface area (Å²) in [5, 5.41) is 9.73. The molecule has 1 aliphatic carbocycles. The minimum atomic E-state index is 0.114. The van der Waals surface area contributed by atoms with Gasteiger partial charge in [-0.15, -0.1) is 0 Å². The van der Waals surface area contributed by atoms with Gasteiger partial charge in [0, 0.05) is 40.5 Å². The van der Waals surface area contributed by atoms with Gasteiger partial charge in [-0.3, -0.25) is 14.8 Å². The lowest BCUT2D eigenvalue weighted by Crippen LogP contribution is -2.13. The van der Waals surface area contributed by atoms with Gasteiger partial charge in [-0.25, -0.2) is 9.97 Å². The Morgan fingerprint density at radius 1 is 0.633 bits per heavy atom. The Kier molecular flexibility index (Phi) is 10.5. The molecule has 1 aliphatic rings. The van der Waals surface area contributed by atoms with Crippen molar-refractivity contribution in [2.24, 2.45) is 5.92 Å². The number of amides is 1. The van der Waals surface area contributed by atoms with Gasteiger partial charge in [0.1, 0.15) is 11.6 Å². The maximum atomic E-state index is 11.9. The number of nitrogens with two attached hydrogens (primary N) is 1. The summed E-state index contributed by atoms with van der Waals surface area (Å²) in [6, 6.07) is 36.1. The van der Waals surface area contributed by atoms with Crippen LogP contribution in [0, 0.1) is 5.92 Å². The summed E-state index contributed by atoms with van der Waals surface area (Å²) in [5.41, 5.74) is 13.3. The number of nitrogen functional groups attached to an aromatic ring is 1. The summed E-state index contributed by atoms with van der Waals surface area (Å²) in [6.45, 7) is 4.20. The molecule has 49 heavy (non-hydrogen) atoms. The Morgan fingerprint density at radius 2 is 1.08 bits per heavy atom. The monoisotopic (exact) mass is 648 g/mol. The number of hydrogen-bond donors (Lipinski definition) is 4. The first-order chi connectivity index (χ1) is 23.9. The Morgan fingerprint density at radius 3 is 1.53 bits per heavy atom. The molecule has 0 unspecified atom stereocenters. The SMILES string of the molecule is C[C@H](Nc1cncc(-c2ccc(N)cc2)n1)c1ccccc1.C[C@H](Nc1cncc(-c2ccc(NC(=O)C3CC3)cc2)n1)c1ccccc1. The number of rotatable bonds is 10. The van der Waals surface area contributed by atoms with Gasteiger partial charge < -0.3 is 21.7 Å². The zero-order valence-electron chi connectivity index (χ0n) is 27.6. The highest BCUT2D eigenvalue weighted by Crippen LogP contribution is 2.30. The third kappa shape index (κ3) is 9.26. The van der Waals surface area contributed by atoms with Crippen molar-refractivity contribution in [1.29, 1.82) is 0 Å². The molecule has 0 radical (unpaired) electrons. The molecule has 4 aromatic carbocycles. The molecule has 2 heterocycles. The van der Waals surface area contributed by atoms with E-state index in [1.165, 1.54) is 11.1 Å². The molecule has 1 fully saturated rings. The lowest BCUT2D eigenvalue weighted by Gasteiger charge is -2.15. The van der Waals surface area contributed by atoms with Crippen LogP contribution < -0.4 is 21.7 Å². The van der Waals surface area contributed by atoms with Gasteiger partial charge in [0.05, 0.1) is 36.2 Å². The summed E-state index contributed by atoms with van der Waals surface area (Å²) < 4.78 is 0. The standard InChI is InChI=1S/C22H22N4O.C18H18N4/c1-15(16-5-3-2-4-6-16)24-21-14-23-13-20(26-21)17-9-11-19(12-10-17)25-22(27)18-7-8-18;1-13(14-5-3-2-4-6-14)21-18-12-20-11-17(22-18)15-7-9-16(19)10-8-15/h2-6,9-15,18H,7-8H2,1H3,(H,24,26)(H,25,27);2-13H,19H2,1H3,(H,21,22)/t15-;13-/m00/s1. The van der Waals surface area contributed by atoms with E-state index in [1.54, 1.807) is 24.8 Å². The van der Waals surface area contributed by atoms with Crippen LogP contribution in [0.15, 0.2) is 134 Å². The van der Waals surface area contributed by atoms with Crippen LogP contribution in [0.3, 0.4) is 0 Å². The molecule has 2 aromatic heterocycles. The van der Waals surface area contributed by atoms with Crippen LogP contribution in [0.25, 0.3) is 22.5 Å². The second-order valence-electron chi connectivity index (χ2n) is 12.1. The van der Waals surface area contributed by atoms with Crippen molar-refractivity contribution in [2.45, 2.75) is 38.8 Å². The molecule has 1 saturated carbocycles. The molecule has 0 bridgehead atoms. The summed E-state index contributed by atoms with van der Waals surface area (Å²) in [6.07, 6.45) is 8.97. The second kappa shape index (κ2) is 15.7. The minimum Gasteiger partial charge on any atom is -0.399 e. The Bertz CT molecular complexity index is 1950. The fourth-order valence-electron chi connectivity index (χ4n) is 5.21. The van der Waals surface area contributed by atoms with Crippen LogP contribution in [-0.2, 0) is 4.79 Å². The van der Waals surface area contributed by atoms with E-state index < -0.39 is 0 Å². The van der Waals surface area contributed by atoms with E-state index >= 15 is 0 Å². The fourth-order valence-corrected chi connectivity index (χ4v) is 5.21. The van der Waals surface area contributed by atoms with Crippen molar-refractivity contribution in [3.63, 3.8) is 0 Å². The molecule has 0 spiro atoms. The smallest absolute Gasteiger partial charge is 0.227 e. The van der Waals surface area contributed by atoms with E-state index in [-0.39, 0.29) is 23.9 Å². The van der Waals surface area contributed by atoms with Crippen LogP contribution in [0.2, 0.25) is 0 Å². The molecule has 1 amide bonds. The molecule has 0 saturated heterocycles. The number of anilines is 4. The molecule has 9 heteroatoms. The van der Waals surface area contributed by atoms with Crippen molar-refractivity contribution in [3.8, 4) is 22.5 Å². The van der Waals surface area contributed by atoms with E-state index in [2.05, 4.69) is 74.0 Å². The van der Waals surface area contributed by atoms with Gasteiger partial charge in [0.25, 0.3) is 0 Å². The molecular formula is C40H40N8O. The van der Waals surface area contributed by atoms with E-state index in [0.29, 0.717) is 0 Å². The fraction of sp³-hybridized carbons (Fsp3) is 0.175. The molecule has 9 nitrogen and oxygen atoms in total. The largest absolute Gasteiger partial charge is 0.399 e. The van der Waals surface area contributed by atoms with Crippen LogP contribution in [0.1, 0.15) is 49.9 Å². The first-order valence-electron chi connectivity index (χ1n) is 16.5. The van der Waals surface area contributed by atoms with Gasteiger partial charge in [-0.05, 0) is 62.1 Å².